The highest BCUT2D eigenvalue weighted by Crippen LogP contribution is 2.31. The highest BCUT2D eigenvalue weighted by molar-refractivity contribution is 6.61. The molecule has 0 spiro atoms. The Morgan fingerprint density at radius 2 is 1.88 bits per heavy atom. The van der Waals surface area contributed by atoms with Crippen LogP contribution < -0.4 is 10.5 Å². The summed E-state index contributed by atoms with van der Waals surface area (Å²) in [7, 11) is 0. The number of hydrogen-bond donors (Lipinski definition) is 2. The number of nitrogens with two attached hydrogens (primary N) is 1. The molecule has 26 heavy (non-hydrogen) atoms. The van der Waals surface area contributed by atoms with Crippen molar-refractivity contribution in [2.75, 3.05) is 12.3 Å². The van der Waals surface area contributed by atoms with Crippen molar-refractivity contribution < 1.29 is 19.4 Å². The number of hydrogen-bond acceptors (Lipinski definition) is 5. The van der Waals surface area contributed by atoms with Crippen molar-refractivity contribution in [1.82, 2.24) is 0 Å². The van der Waals surface area contributed by atoms with Gasteiger partial charge in [0.25, 0.3) is 0 Å². The number of rotatable bonds is 1. The number of anilines is 1. The van der Waals surface area contributed by atoms with Crippen molar-refractivity contribution >= 4 is 45.9 Å². The van der Waals surface area contributed by atoms with Crippen LogP contribution in [0.4, 0.5) is 10.5 Å². The van der Waals surface area contributed by atoms with Crippen LogP contribution >= 0.6 is 34.8 Å². The van der Waals surface area contributed by atoms with E-state index >= 15 is 0 Å². The van der Waals surface area contributed by atoms with Crippen molar-refractivity contribution in [1.29, 1.82) is 0 Å². The van der Waals surface area contributed by atoms with E-state index in [9.17, 15) is 4.79 Å². The largest absolute Gasteiger partial charge is 0.506 e. The van der Waals surface area contributed by atoms with E-state index in [4.69, 9.17) is 50.4 Å². The number of phenols is 1. The minimum absolute atomic E-state index is 0.0689. The van der Waals surface area contributed by atoms with Gasteiger partial charge in [0.2, 0.25) is 0 Å². The molecule has 3 N–H and O–H groups in total. The van der Waals surface area contributed by atoms with Crippen LogP contribution in [0.15, 0.2) is 48.7 Å². The van der Waals surface area contributed by atoms with Gasteiger partial charge >= 0.3 is 5.43 Å². The van der Waals surface area contributed by atoms with Crippen LogP contribution in [0.3, 0.4) is 0 Å². The van der Waals surface area contributed by atoms with E-state index in [0.717, 1.165) is 28.5 Å². The molecule has 0 amide bonds. The van der Waals surface area contributed by atoms with Gasteiger partial charge in [-0.05, 0) is 43.3 Å². The van der Waals surface area contributed by atoms with Crippen LogP contribution in [0.25, 0.3) is 0 Å². The lowest BCUT2D eigenvalue weighted by molar-refractivity contribution is 0.180. The number of allylic oxidation sites excluding steroid dienone is 1. The van der Waals surface area contributed by atoms with Crippen LogP contribution in [0, 0.1) is 0 Å². The van der Waals surface area contributed by atoms with Gasteiger partial charge in [-0.25, -0.2) is 4.79 Å². The average molecular weight is 419 g/mol. The van der Waals surface area contributed by atoms with Crippen LogP contribution in [0.2, 0.25) is 10.0 Å². The van der Waals surface area contributed by atoms with E-state index in [0.29, 0.717) is 17.3 Å². The zero-order valence-electron chi connectivity index (χ0n) is 14.0. The van der Waals surface area contributed by atoms with Crippen LogP contribution in [-0.2, 0) is 11.2 Å². The second-order valence-electron chi connectivity index (χ2n) is 4.94. The minimum atomic E-state index is -0.738. The van der Waals surface area contributed by atoms with Crippen LogP contribution in [-0.4, -0.2) is 17.1 Å². The predicted octanol–water partition coefficient (Wildman–Crippen LogP) is 5.80. The van der Waals surface area contributed by atoms with Gasteiger partial charge in [-0.1, -0.05) is 29.8 Å². The lowest BCUT2D eigenvalue weighted by Gasteiger charge is -1.96. The molecule has 140 valence electrons. The monoisotopic (exact) mass is 417 g/mol. The van der Waals surface area contributed by atoms with Gasteiger partial charge in [0.1, 0.15) is 17.3 Å². The molecule has 1 aliphatic rings. The van der Waals surface area contributed by atoms with E-state index in [1.807, 2.05) is 18.2 Å². The zero-order valence-corrected chi connectivity index (χ0v) is 16.2. The van der Waals surface area contributed by atoms with Gasteiger partial charge in [-0.3, -0.25) is 0 Å². The van der Waals surface area contributed by atoms with E-state index in [1.54, 1.807) is 13.0 Å². The molecule has 0 unspecified atom stereocenters. The van der Waals surface area contributed by atoms with Crippen molar-refractivity contribution in [3.05, 3.63) is 64.3 Å². The standard InChI is InChI=1S/C9H7ClO.C6H6ClNO.C3H5ClO2/c1-6-4-7-5-8(10)2-3-9(7)11-6;7-4-1-2-6(9)5(8)3-4;1-2-6-3(4)5/h2-3,5H,1,4H2;1-3,9H,8H2;2H2,1H3. The molecule has 0 aliphatic carbocycles. The first-order chi connectivity index (χ1) is 12.2. The third kappa shape index (κ3) is 7.87. The first-order valence-electron chi connectivity index (χ1n) is 7.43. The lowest BCUT2D eigenvalue weighted by Crippen LogP contribution is -1.89. The van der Waals surface area contributed by atoms with Crippen LogP contribution in [0.1, 0.15) is 12.5 Å². The SMILES string of the molecule is C=C1Cc2cc(Cl)ccc2O1.CCOC(=O)Cl.Nc1cc(Cl)ccc1O. The Morgan fingerprint density at radius 1 is 1.27 bits per heavy atom. The van der Waals surface area contributed by atoms with Crippen molar-refractivity contribution in [3.63, 3.8) is 0 Å². The number of carbonyl (C=O) groups is 1. The summed E-state index contributed by atoms with van der Waals surface area (Å²) in [4.78, 5) is 9.59. The second-order valence-corrected chi connectivity index (χ2v) is 6.12. The molecule has 0 saturated carbocycles. The first kappa shape index (κ1) is 22.0. The Hall–Kier alpha value is -2.08. The minimum Gasteiger partial charge on any atom is -0.506 e. The smallest absolute Gasteiger partial charge is 0.403 e. The molecular formula is C18H18Cl3NO4. The molecule has 2 aromatic carbocycles. The van der Waals surface area contributed by atoms with Crippen molar-refractivity contribution in [2.24, 2.45) is 0 Å². The third-order valence-corrected chi connectivity index (χ3v) is 3.49. The molecule has 0 atom stereocenters. The van der Waals surface area contributed by atoms with E-state index < -0.39 is 5.43 Å². The van der Waals surface area contributed by atoms with Gasteiger partial charge in [-0.15, -0.1) is 0 Å². The van der Waals surface area contributed by atoms with E-state index in [2.05, 4.69) is 11.3 Å². The molecule has 8 heteroatoms. The van der Waals surface area contributed by atoms with Gasteiger partial charge in [-0.2, -0.15) is 0 Å². The van der Waals surface area contributed by atoms with Crippen molar-refractivity contribution in [2.45, 2.75) is 13.3 Å². The Morgan fingerprint density at radius 3 is 2.38 bits per heavy atom. The molecular weight excluding hydrogens is 401 g/mol. The summed E-state index contributed by atoms with van der Waals surface area (Å²) >= 11 is 16.0. The topological polar surface area (TPSA) is 81.8 Å². The summed E-state index contributed by atoms with van der Waals surface area (Å²) in [6.07, 6.45) is 0.788. The number of nitrogen functional groups attached to an aromatic ring is 1. The fourth-order valence-electron chi connectivity index (χ4n) is 1.83. The number of carbonyl (C=O) groups excluding carboxylic acids is 1. The van der Waals surface area contributed by atoms with Gasteiger partial charge in [0.15, 0.2) is 0 Å². The summed E-state index contributed by atoms with van der Waals surface area (Å²) in [6.45, 7) is 5.78. The number of benzene rings is 2. The molecule has 0 saturated heterocycles. The lowest BCUT2D eigenvalue weighted by atomic mass is 10.1. The van der Waals surface area contributed by atoms with Crippen molar-refractivity contribution in [3.8, 4) is 11.5 Å². The van der Waals surface area contributed by atoms with E-state index in [1.165, 1.54) is 12.1 Å². The molecule has 3 rings (SSSR count). The summed E-state index contributed by atoms with van der Waals surface area (Å²) in [6, 6.07) is 10.1. The van der Waals surface area contributed by atoms with Gasteiger partial charge < -0.3 is 20.3 Å². The number of aromatic hydroxyl groups is 1. The fourth-order valence-corrected chi connectivity index (χ4v) is 2.31. The highest BCUT2D eigenvalue weighted by atomic mass is 35.5. The third-order valence-electron chi connectivity index (χ3n) is 2.91. The number of phenolic OH excluding ortho intramolecular Hbond substituents is 1. The van der Waals surface area contributed by atoms with E-state index in [-0.39, 0.29) is 5.75 Å². The maximum absolute atomic E-state index is 9.59. The molecule has 0 aromatic heterocycles. The average Bonchev–Trinajstić information content (AvgIpc) is 2.91. The number of ether oxygens (including phenoxy) is 2. The number of fused-ring (bicyclic) bond motifs is 1. The summed E-state index contributed by atoms with van der Waals surface area (Å²) in [5.41, 5.74) is 5.98. The van der Waals surface area contributed by atoms with Gasteiger partial charge in [0, 0.05) is 33.6 Å². The fraction of sp³-hybridized carbons (Fsp3) is 0.167. The predicted molar refractivity (Wildman–Crippen MR) is 105 cm³/mol. The summed E-state index contributed by atoms with van der Waals surface area (Å²) < 4.78 is 9.48. The molecule has 0 radical (unpaired) electrons. The molecule has 2 aromatic rings. The molecule has 0 bridgehead atoms. The molecule has 5 nitrogen and oxygen atoms in total. The van der Waals surface area contributed by atoms with Crippen LogP contribution in [0.5, 0.6) is 11.5 Å². The summed E-state index contributed by atoms with van der Waals surface area (Å²) in [5, 5.41) is 10.1. The first-order valence-corrected chi connectivity index (χ1v) is 8.56. The Kier molecular flexibility index (Phi) is 9.13. The molecule has 1 heterocycles. The zero-order chi connectivity index (χ0) is 19.7. The highest BCUT2D eigenvalue weighted by Gasteiger charge is 2.14. The Balaban J connectivity index is 0.000000205. The Labute approximate surface area is 166 Å². The normalized spacial score (nSPS) is 11.2. The second kappa shape index (κ2) is 10.8. The summed E-state index contributed by atoms with van der Waals surface area (Å²) in [5.74, 6) is 1.75. The molecule has 0 fully saturated rings. The van der Waals surface area contributed by atoms with Gasteiger partial charge in [0.05, 0.1) is 12.3 Å². The maximum atomic E-state index is 9.59. The molecule has 1 aliphatic heterocycles. The quantitative estimate of drug-likeness (QED) is 0.347. The number of halogens is 3. The Bertz CT molecular complexity index is 781. The maximum Gasteiger partial charge on any atom is 0.403 e.